The molecule has 130 valence electrons. The molecule has 0 N–H and O–H groups in total. The van der Waals surface area contributed by atoms with E-state index in [-0.39, 0.29) is 18.2 Å². The van der Waals surface area contributed by atoms with E-state index in [2.05, 4.69) is 0 Å². The Morgan fingerprint density at radius 1 is 1.43 bits per heavy atom. The quantitative estimate of drug-likeness (QED) is 0.798. The Hall–Kier alpha value is -1.49. The standard InChI is InChI=1S/C18H29NO4/c1-14(16-9-7-12-22-16)21-13-10-15-8-5-6-11-19(15)17(20)23-18(2,3)4/h7,9,12,14-15H,5-6,8,10-11,13H2,1-4H3/t14-,15+/m0/s1. The number of nitrogens with zero attached hydrogens (tertiary/aromatic N) is 1. The van der Waals surface area contributed by atoms with Gasteiger partial charge in [0.2, 0.25) is 0 Å². The van der Waals surface area contributed by atoms with Gasteiger partial charge < -0.3 is 18.8 Å². The zero-order chi connectivity index (χ0) is 16.9. The molecular weight excluding hydrogens is 294 g/mol. The summed E-state index contributed by atoms with van der Waals surface area (Å²) in [6.07, 6.45) is 5.41. The number of piperidine rings is 1. The highest BCUT2D eigenvalue weighted by Gasteiger charge is 2.30. The van der Waals surface area contributed by atoms with Crippen LogP contribution >= 0.6 is 0 Å². The zero-order valence-electron chi connectivity index (χ0n) is 14.7. The zero-order valence-corrected chi connectivity index (χ0v) is 14.7. The highest BCUT2D eigenvalue weighted by atomic mass is 16.6. The second-order valence-electron chi connectivity index (χ2n) is 7.14. The maximum atomic E-state index is 12.4. The molecule has 1 aliphatic heterocycles. The molecule has 0 unspecified atom stereocenters. The Morgan fingerprint density at radius 2 is 2.22 bits per heavy atom. The van der Waals surface area contributed by atoms with Crippen LogP contribution in [0.5, 0.6) is 0 Å². The second kappa shape index (κ2) is 7.86. The number of ether oxygens (including phenoxy) is 2. The smallest absolute Gasteiger partial charge is 0.410 e. The van der Waals surface area contributed by atoms with Gasteiger partial charge in [0, 0.05) is 19.2 Å². The molecule has 0 radical (unpaired) electrons. The van der Waals surface area contributed by atoms with E-state index in [1.807, 2.05) is 44.7 Å². The topological polar surface area (TPSA) is 51.9 Å². The van der Waals surface area contributed by atoms with Crippen LogP contribution in [0.1, 0.15) is 65.2 Å². The predicted molar refractivity (Wildman–Crippen MR) is 88.3 cm³/mol. The highest BCUT2D eigenvalue weighted by molar-refractivity contribution is 5.68. The van der Waals surface area contributed by atoms with Crippen LogP contribution in [0.25, 0.3) is 0 Å². The molecule has 0 bridgehead atoms. The molecule has 1 aromatic heterocycles. The molecule has 2 heterocycles. The molecule has 1 aliphatic rings. The van der Waals surface area contributed by atoms with E-state index in [4.69, 9.17) is 13.9 Å². The Labute approximate surface area is 138 Å². The number of hydrogen-bond donors (Lipinski definition) is 0. The second-order valence-corrected chi connectivity index (χ2v) is 7.14. The van der Waals surface area contributed by atoms with Crippen LogP contribution in [0.3, 0.4) is 0 Å². The molecule has 2 atom stereocenters. The molecule has 1 aromatic rings. The lowest BCUT2D eigenvalue weighted by Crippen LogP contribution is -2.46. The number of carbonyl (C=O) groups excluding carboxylic acids is 1. The minimum absolute atomic E-state index is 0.0661. The fourth-order valence-corrected chi connectivity index (χ4v) is 2.85. The molecule has 0 saturated carbocycles. The van der Waals surface area contributed by atoms with E-state index in [9.17, 15) is 4.79 Å². The van der Waals surface area contributed by atoms with Gasteiger partial charge in [0.25, 0.3) is 0 Å². The van der Waals surface area contributed by atoms with Crippen molar-refractivity contribution >= 4 is 6.09 Å². The largest absolute Gasteiger partial charge is 0.467 e. The molecule has 5 heteroatoms. The number of likely N-dealkylation sites (tertiary alicyclic amines) is 1. The maximum absolute atomic E-state index is 12.4. The highest BCUT2D eigenvalue weighted by Crippen LogP contribution is 2.24. The van der Waals surface area contributed by atoms with Gasteiger partial charge in [-0.25, -0.2) is 4.79 Å². The van der Waals surface area contributed by atoms with E-state index in [1.165, 1.54) is 0 Å². The van der Waals surface area contributed by atoms with Crippen LogP contribution in [0, 0.1) is 0 Å². The summed E-state index contributed by atoms with van der Waals surface area (Å²) in [5.41, 5.74) is -0.455. The van der Waals surface area contributed by atoms with Crippen molar-refractivity contribution in [2.24, 2.45) is 0 Å². The minimum atomic E-state index is -0.455. The lowest BCUT2D eigenvalue weighted by atomic mass is 10.0. The summed E-state index contributed by atoms with van der Waals surface area (Å²) in [7, 11) is 0. The fraction of sp³-hybridized carbons (Fsp3) is 0.722. The van der Waals surface area contributed by atoms with Gasteiger partial charge in [-0.05, 0) is 65.5 Å². The van der Waals surface area contributed by atoms with Gasteiger partial charge in [-0.3, -0.25) is 0 Å². The lowest BCUT2D eigenvalue weighted by molar-refractivity contribution is -0.00230. The molecule has 0 aliphatic carbocycles. The molecular formula is C18H29NO4. The van der Waals surface area contributed by atoms with Crippen molar-refractivity contribution < 1.29 is 18.7 Å². The van der Waals surface area contributed by atoms with Gasteiger partial charge in [-0.1, -0.05) is 0 Å². The number of carbonyl (C=O) groups is 1. The van der Waals surface area contributed by atoms with E-state index in [0.29, 0.717) is 6.61 Å². The van der Waals surface area contributed by atoms with Crippen molar-refractivity contribution in [2.75, 3.05) is 13.2 Å². The average molecular weight is 323 g/mol. The van der Waals surface area contributed by atoms with Gasteiger partial charge in [0.15, 0.2) is 0 Å². The van der Waals surface area contributed by atoms with Crippen molar-refractivity contribution in [3.8, 4) is 0 Å². The fourth-order valence-electron chi connectivity index (χ4n) is 2.85. The number of rotatable bonds is 5. The van der Waals surface area contributed by atoms with Gasteiger partial charge in [-0.15, -0.1) is 0 Å². The molecule has 23 heavy (non-hydrogen) atoms. The summed E-state index contributed by atoms with van der Waals surface area (Å²) in [5, 5.41) is 0. The minimum Gasteiger partial charge on any atom is -0.467 e. The third-order valence-corrected chi connectivity index (χ3v) is 4.02. The SMILES string of the molecule is C[C@H](OCC[C@H]1CCCCN1C(=O)OC(C)(C)C)c1ccco1. The van der Waals surface area contributed by atoms with Gasteiger partial charge in [0.1, 0.15) is 17.5 Å². The molecule has 0 spiro atoms. The first-order valence-corrected chi connectivity index (χ1v) is 8.51. The van der Waals surface area contributed by atoms with Gasteiger partial charge in [0.05, 0.1) is 6.26 Å². The molecule has 1 amide bonds. The van der Waals surface area contributed by atoms with Crippen LogP contribution < -0.4 is 0 Å². The monoisotopic (exact) mass is 323 g/mol. The summed E-state index contributed by atoms with van der Waals surface area (Å²) in [6, 6.07) is 3.97. The average Bonchev–Trinajstić information content (AvgIpc) is 3.00. The number of amides is 1. The number of furan rings is 1. The van der Waals surface area contributed by atoms with Crippen LogP contribution in [0.2, 0.25) is 0 Å². The van der Waals surface area contributed by atoms with Gasteiger partial charge >= 0.3 is 6.09 Å². The van der Waals surface area contributed by atoms with Crippen molar-refractivity contribution in [1.82, 2.24) is 4.90 Å². The van der Waals surface area contributed by atoms with E-state index >= 15 is 0 Å². The third kappa shape index (κ3) is 5.57. The van der Waals surface area contributed by atoms with Crippen LogP contribution in [0.15, 0.2) is 22.8 Å². The molecule has 1 saturated heterocycles. The van der Waals surface area contributed by atoms with Crippen LogP contribution in [-0.4, -0.2) is 35.8 Å². The first-order chi connectivity index (χ1) is 10.9. The Bertz CT molecular complexity index is 478. The Kier molecular flexibility index (Phi) is 6.10. The van der Waals surface area contributed by atoms with Crippen LogP contribution in [0.4, 0.5) is 4.79 Å². The van der Waals surface area contributed by atoms with Crippen molar-refractivity contribution in [1.29, 1.82) is 0 Å². The third-order valence-electron chi connectivity index (χ3n) is 4.02. The predicted octanol–water partition coefficient (Wildman–Crippen LogP) is 4.54. The van der Waals surface area contributed by atoms with Crippen molar-refractivity contribution in [2.45, 2.75) is 71.1 Å². The normalized spacial score (nSPS) is 20.3. The van der Waals surface area contributed by atoms with E-state index < -0.39 is 5.60 Å². The first-order valence-electron chi connectivity index (χ1n) is 8.51. The van der Waals surface area contributed by atoms with E-state index in [1.54, 1.807) is 6.26 Å². The van der Waals surface area contributed by atoms with E-state index in [0.717, 1.165) is 38.0 Å². The van der Waals surface area contributed by atoms with Gasteiger partial charge in [-0.2, -0.15) is 0 Å². The first kappa shape index (κ1) is 17.9. The van der Waals surface area contributed by atoms with Crippen molar-refractivity contribution in [3.05, 3.63) is 24.2 Å². The summed E-state index contributed by atoms with van der Waals surface area (Å²) in [6.45, 7) is 9.05. The Morgan fingerprint density at radius 3 is 2.87 bits per heavy atom. The molecule has 0 aromatic carbocycles. The molecule has 1 fully saturated rings. The number of hydrogen-bond acceptors (Lipinski definition) is 4. The summed E-state index contributed by atoms with van der Waals surface area (Å²) >= 11 is 0. The van der Waals surface area contributed by atoms with Crippen molar-refractivity contribution in [3.63, 3.8) is 0 Å². The summed E-state index contributed by atoms with van der Waals surface area (Å²) < 4.78 is 16.7. The Balaban J connectivity index is 1.82. The molecule has 2 rings (SSSR count). The summed E-state index contributed by atoms with van der Waals surface area (Å²) in [5.74, 6) is 0.831. The summed E-state index contributed by atoms with van der Waals surface area (Å²) in [4.78, 5) is 14.2. The van der Waals surface area contributed by atoms with Crippen LogP contribution in [-0.2, 0) is 9.47 Å². The molecule has 5 nitrogen and oxygen atoms in total. The lowest BCUT2D eigenvalue weighted by Gasteiger charge is -2.36. The maximum Gasteiger partial charge on any atom is 0.410 e.